The first-order valence-electron chi connectivity index (χ1n) is 7.01. The normalized spacial score (nSPS) is 11.2. The van der Waals surface area contributed by atoms with Gasteiger partial charge in [-0.05, 0) is 42.3 Å². The Kier molecular flexibility index (Phi) is 6.02. The molecule has 0 saturated carbocycles. The average Bonchev–Trinajstić information content (AvgIpc) is 2.56. The number of carbonyl (C=O) groups excluding carboxylic acids is 1. The minimum Gasteiger partial charge on any atom is -0.496 e. The number of methoxy groups -OCH3 is 1. The van der Waals surface area contributed by atoms with Crippen molar-refractivity contribution < 1.29 is 9.53 Å². The van der Waals surface area contributed by atoms with Crippen LogP contribution in [0.25, 0.3) is 0 Å². The molecule has 0 saturated heterocycles. The number of hydrogen-bond donors (Lipinski definition) is 1. The van der Waals surface area contributed by atoms with Gasteiger partial charge in [0.15, 0.2) is 0 Å². The van der Waals surface area contributed by atoms with Crippen LogP contribution < -0.4 is 10.2 Å². The first kappa shape index (κ1) is 17.3. The number of benzene rings is 2. The number of halogens is 2. The van der Waals surface area contributed by atoms with Crippen molar-refractivity contribution in [3.05, 3.63) is 63.6 Å². The molecular formula is C17H16Cl2N2O2. The number of ether oxygens (including phenoxy) is 1. The van der Waals surface area contributed by atoms with Gasteiger partial charge in [0.2, 0.25) is 0 Å². The topological polar surface area (TPSA) is 50.7 Å². The van der Waals surface area contributed by atoms with Gasteiger partial charge in [-0.1, -0.05) is 42.3 Å². The Hall–Kier alpha value is -2.04. The van der Waals surface area contributed by atoms with Crippen LogP contribution in [0.1, 0.15) is 29.3 Å². The molecule has 0 aliphatic heterocycles. The van der Waals surface area contributed by atoms with E-state index in [4.69, 9.17) is 27.9 Å². The Morgan fingerprint density at radius 1 is 1.13 bits per heavy atom. The van der Waals surface area contributed by atoms with E-state index >= 15 is 0 Å². The van der Waals surface area contributed by atoms with Gasteiger partial charge in [-0.3, -0.25) is 4.79 Å². The SMILES string of the molecule is CCC(=NNC(=O)c1cc(Cl)ccc1OC)c1ccc(Cl)cc1. The summed E-state index contributed by atoms with van der Waals surface area (Å²) in [6, 6.07) is 12.1. The summed E-state index contributed by atoms with van der Waals surface area (Å²) < 4.78 is 5.17. The lowest BCUT2D eigenvalue weighted by Gasteiger charge is -2.09. The minimum absolute atomic E-state index is 0.329. The summed E-state index contributed by atoms with van der Waals surface area (Å²) in [6.45, 7) is 1.96. The second-order valence-corrected chi connectivity index (χ2v) is 5.58. The van der Waals surface area contributed by atoms with Crippen molar-refractivity contribution >= 4 is 34.8 Å². The van der Waals surface area contributed by atoms with E-state index in [9.17, 15) is 4.79 Å². The molecule has 2 aromatic rings. The zero-order valence-corrected chi connectivity index (χ0v) is 14.3. The van der Waals surface area contributed by atoms with Gasteiger partial charge in [-0.2, -0.15) is 5.10 Å². The molecule has 0 aliphatic rings. The Morgan fingerprint density at radius 3 is 2.39 bits per heavy atom. The summed E-state index contributed by atoms with van der Waals surface area (Å²) in [6.07, 6.45) is 0.661. The number of hydrazone groups is 1. The summed E-state index contributed by atoms with van der Waals surface area (Å²) in [7, 11) is 1.49. The van der Waals surface area contributed by atoms with Gasteiger partial charge in [0.25, 0.3) is 5.91 Å². The van der Waals surface area contributed by atoms with Gasteiger partial charge in [-0.25, -0.2) is 5.43 Å². The Labute approximate surface area is 145 Å². The number of nitrogens with one attached hydrogen (secondary N) is 1. The summed E-state index contributed by atoms with van der Waals surface area (Å²) >= 11 is 11.8. The van der Waals surface area contributed by atoms with Gasteiger partial charge in [-0.15, -0.1) is 0 Å². The van der Waals surface area contributed by atoms with Crippen LogP contribution >= 0.6 is 23.2 Å². The predicted molar refractivity (Wildman–Crippen MR) is 93.8 cm³/mol. The van der Waals surface area contributed by atoms with E-state index in [0.29, 0.717) is 27.8 Å². The van der Waals surface area contributed by atoms with Crippen LogP contribution in [-0.4, -0.2) is 18.7 Å². The molecule has 0 spiro atoms. The molecule has 0 unspecified atom stereocenters. The highest BCUT2D eigenvalue weighted by molar-refractivity contribution is 6.31. The maximum Gasteiger partial charge on any atom is 0.275 e. The number of carbonyl (C=O) groups is 1. The predicted octanol–water partition coefficient (Wildman–Crippen LogP) is 4.55. The molecule has 23 heavy (non-hydrogen) atoms. The second kappa shape index (κ2) is 7.99. The van der Waals surface area contributed by atoms with Crippen LogP contribution in [0.4, 0.5) is 0 Å². The molecule has 0 aliphatic carbocycles. The van der Waals surface area contributed by atoms with Gasteiger partial charge in [0.1, 0.15) is 5.75 Å². The number of rotatable bonds is 5. The third kappa shape index (κ3) is 4.47. The minimum atomic E-state index is -0.385. The van der Waals surface area contributed by atoms with Crippen molar-refractivity contribution in [3.63, 3.8) is 0 Å². The zero-order chi connectivity index (χ0) is 16.8. The maximum atomic E-state index is 12.3. The molecule has 0 atom stereocenters. The van der Waals surface area contributed by atoms with Gasteiger partial charge in [0, 0.05) is 10.0 Å². The van der Waals surface area contributed by atoms with Crippen LogP contribution in [0.5, 0.6) is 5.75 Å². The third-order valence-electron chi connectivity index (χ3n) is 3.21. The monoisotopic (exact) mass is 350 g/mol. The van der Waals surface area contributed by atoms with E-state index in [1.165, 1.54) is 7.11 Å². The molecular weight excluding hydrogens is 335 g/mol. The van der Waals surface area contributed by atoms with E-state index in [0.717, 1.165) is 11.3 Å². The van der Waals surface area contributed by atoms with E-state index < -0.39 is 0 Å². The first-order valence-corrected chi connectivity index (χ1v) is 7.77. The smallest absolute Gasteiger partial charge is 0.275 e. The van der Waals surface area contributed by atoms with E-state index in [-0.39, 0.29) is 5.91 Å². The van der Waals surface area contributed by atoms with Gasteiger partial charge in [0.05, 0.1) is 18.4 Å². The van der Waals surface area contributed by atoms with Crippen molar-refractivity contribution in [1.82, 2.24) is 5.43 Å². The quantitative estimate of drug-likeness (QED) is 0.635. The van der Waals surface area contributed by atoms with Crippen molar-refractivity contribution in [3.8, 4) is 5.75 Å². The third-order valence-corrected chi connectivity index (χ3v) is 3.70. The lowest BCUT2D eigenvalue weighted by atomic mass is 10.1. The fourth-order valence-corrected chi connectivity index (χ4v) is 2.32. The van der Waals surface area contributed by atoms with Crippen LogP contribution in [0.2, 0.25) is 10.0 Å². The van der Waals surface area contributed by atoms with Crippen molar-refractivity contribution in [2.24, 2.45) is 5.10 Å². The van der Waals surface area contributed by atoms with Crippen LogP contribution in [0.15, 0.2) is 47.6 Å². The van der Waals surface area contributed by atoms with Gasteiger partial charge < -0.3 is 4.74 Å². The lowest BCUT2D eigenvalue weighted by Crippen LogP contribution is -2.20. The first-order chi connectivity index (χ1) is 11.0. The molecule has 4 nitrogen and oxygen atoms in total. The number of amides is 1. The van der Waals surface area contributed by atoms with E-state index in [2.05, 4.69) is 10.5 Å². The summed E-state index contributed by atoms with van der Waals surface area (Å²) in [4.78, 5) is 12.3. The number of hydrogen-bond acceptors (Lipinski definition) is 3. The largest absolute Gasteiger partial charge is 0.496 e. The molecule has 0 radical (unpaired) electrons. The highest BCUT2D eigenvalue weighted by Crippen LogP contribution is 2.22. The molecule has 1 N–H and O–H groups in total. The molecule has 1 amide bonds. The van der Waals surface area contributed by atoms with E-state index in [1.807, 2.05) is 19.1 Å². The van der Waals surface area contributed by atoms with Gasteiger partial charge >= 0.3 is 0 Å². The molecule has 2 rings (SSSR count). The summed E-state index contributed by atoms with van der Waals surface area (Å²) in [5.74, 6) is 0.0518. The molecule has 0 heterocycles. The Balaban J connectivity index is 2.22. The molecule has 120 valence electrons. The van der Waals surface area contributed by atoms with Crippen molar-refractivity contribution in [2.75, 3.05) is 7.11 Å². The highest BCUT2D eigenvalue weighted by atomic mass is 35.5. The van der Waals surface area contributed by atoms with Crippen molar-refractivity contribution in [2.45, 2.75) is 13.3 Å². The zero-order valence-electron chi connectivity index (χ0n) is 12.8. The Morgan fingerprint density at radius 2 is 1.78 bits per heavy atom. The fourth-order valence-electron chi connectivity index (χ4n) is 2.03. The fraction of sp³-hybridized carbons (Fsp3) is 0.176. The maximum absolute atomic E-state index is 12.3. The Bertz CT molecular complexity index is 728. The summed E-state index contributed by atoms with van der Waals surface area (Å²) in [5, 5.41) is 5.30. The highest BCUT2D eigenvalue weighted by Gasteiger charge is 2.13. The van der Waals surface area contributed by atoms with Crippen LogP contribution in [0.3, 0.4) is 0 Å². The second-order valence-electron chi connectivity index (χ2n) is 4.70. The molecule has 0 fully saturated rings. The standard InChI is InChI=1S/C17H16Cl2N2O2/c1-3-15(11-4-6-12(18)7-5-11)20-21-17(22)14-10-13(19)8-9-16(14)23-2/h4-10H,3H2,1-2H3,(H,21,22). The molecule has 0 aromatic heterocycles. The molecule has 6 heteroatoms. The summed E-state index contributed by atoms with van der Waals surface area (Å²) in [5.41, 5.74) is 4.52. The van der Waals surface area contributed by atoms with Crippen LogP contribution in [0, 0.1) is 0 Å². The molecule has 0 bridgehead atoms. The lowest BCUT2D eigenvalue weighted by molar-refractivity contribution is 0.0952. The molecule has 2 aromatic carbocycles. The van der Waals surface area contributed by atoms with E-state index in [1.54, 1.807) is 30.3 Å². The average molecular weight is 351 g/mol. The van der Waals surface area contributed by atoms with Crippen molar-refractivity contribution in [1.29, 1.82) is 0 Å². The number of nitrogens with zero attached hydrogens (tertiary/aromatic N) is 1. The van der Waals surface area contributed by atoms with Crippen LogP contribution in [-0.2, 0) is 0 Å².